The van der Waals surface area contributed by atoms with E-state index in [9.17, 15) is 0 Å². The van der Waals surface area contributed by atoms with E-state index in [1.54, 1.807) is 0 Å². The van der Waals surface area contributed by atoms with Gasteiger partial charge >= 0.3 is 0 Å². The van der Waals surface area contributed by atoms with Crippen LogP contribution in [0.25, 0.3) is 0 Å². The molecule has 2 saturated carbocycles. The van der Waals surface area contributed by atoms with Gasteiger partial charge in [-0.3, -0.25) is 0 Å². The minimum atomic E-state index is 0.831. The molecule has 0 aromatic carbocycles. The molecule has 4 unspecified atom stereocenters. The fourth-order valence-electron chi connectivity index (χ4n) is 3.53. The lowest BCUT2D eigenvalue weighted by Crippen LogP contribution is -2.33. The summed E-state index contributed by atoms with van der Waals surface area (Å²) in [5.41, 5.74) is 0. The highest BCUT2D eigenvalue weighted by Gasteiger charge is 2.24. The minimum absolute atomic E-state index is 0.831. The molecule has 0 heterocycles. The summed E-state index contributed by atoms with van der Waals surface area (Å²) in [5, 5.41) is 3.85. The summed E-state index contributed by atoms with van der Waals surface area (Å²) in [6, 6.07) is 0.831. The molecule has 0 aromatic heterocycles. The van der Waals surface area contributed by atoms with Crippen molar-refractivity contribution < 1.29 is 0 Å². The van der Waals surface area contributed by atoms with Gasteiger partial charge in [-0.25, -0.2) is 0 Å². The van der Waals surface area contributed by atoms with Crippen molar-refractivity contribution in [2.24, 2.45) is 17.8 Å². The van der Waals surface area contributed by atoms with Crippen molar-refractivity contribution in [3.05, 3.63) is 0 Å². The molecule has 2 aliphatic carbocycles. The third-order valence-electron chi connectivity index (χ3n) is 4.97. The maximum absolute atomic E-state index is 3.85. The lowest BCUT2D eigenvalue weighted by Gasteiger charge is -2.21. The first-order valence-electron chi connectivity index (χ1n) is 7.49. The van der Waals surface area contributed by atoms with Gasteiger partial charge in [-0.05, 0) is 50.0 Å². The molecule has 0 aromatic rings. The van der Waals surface area contributed by atoms with Crippen molar-refractivity contribution in [2.45, 2.75) is 71.3 Å². The van der Waals surface area contributed by atoms with Crippen molar-refractivity contribution >= 4 is 0 Å². The Labute approximate surface area is 101 Å². The first-order chi connectivity index (χ1) is 7.75. The van der Waals surface area contributed by atoms with Gasteiger partial charge in [0.15, 0.2) is 0 Å². The third kappa shape index (κ3) is 3.48. The van der Waals surface area contributed by atoms with Crippen LogP contribution < -0.4 is 5.32 Å². The van der Waals surface area contributed by atoms with Crippen LogP contribution in [0.5, 0.6) is 0 Å². The number of rotatable bonds is 3. The predicted molar refractivity (Wildman–Crippen MR) is 70.5 cm³/mol. The van der Waals surface area contributed by atoms with E-state index >= 15 is 0 Å². The van der Waals surface area contributed by atoms with Gasteiger partial charge < -0.3 is 5.32 Å². The van der Waals surface area contributed by atoms with Gasteiger partial charge in [0.1, 0.15) is 0 Å². The van der Waals surface area contributed by atoms with Crippen molar-refractivity contribution in [1.82, 2.24) is 5.32 Å². The van der Waals surface area contributed by atoms with Crippen LogP contribution in [0.4, 0.5) is 0 Å². The predicted octanol–water partition coefficient (Wildman–Crippen LogP) is 3.98. The highest BCUT2D eigenvalue weighted by Crippen LogP contribution is 2.31. The highest BCUT2D eigenvalue weighted by atomic mass is 14.9. The maximum atomic E-state index is 3.85. The average Bonchev–Trinajstić information content (AvgIpc) is 2.55. The Morgan fingerprint density at radius 1 is 0.875 bits per heavy atom. The zero-order chi connectivity index (χ0) is 11.4. The quantitative estimate of drug-likeness (QED) is 0.714. The Bertz CT molecular complexity index is 202. The molecule has 1 N–H and O–H groups in total. The van der Waals surface area contributed by atoms with Gasteiger partial charge in [0, 0.05) is 6.04 Å². The van der Waals surface area contributed by atoms with Crippen LogP contribution in [-0.4, -0.2) is 12.6 Å². The lowest BCUT2D eigenvalue weighted by atomic mass is 9.97. The van der Waals surface area contributed by atoms with E-state index in [1.807, 2.05) is 0 Å². The summed E-state index contributed by atoms with van der Waals surface area (Å²) in [5.74, 6) is 2.91. The van der Waals surface area contributed by atoms with E-state index in [0.29, 0.717) is 0 Å². The Morgan fingerprint density at radius 2 is 1.69 bits per heavy atom. The molecule has 0 amide bonds. The van der Waals surface area contributed by atoms with Crippen LogP contribution in [0.15, 0.2) is 0 Å². The molecule has 1 heteroatoms. The van der Waals surface area contributed by atoms with E-state index in [2.05, 4.69) is 19.2 Å². The topological polar surface area (TPSA) is 12.0 Å². The molecule has 2 aliphatic rings. The third-order valence-corrected chi connectivity index (χ3v) is 4.97. The van der Waals surface area contributed by atoms with Gasteiger partial charge in [0.05, 0.1) is 0 Å². The molecular weight excluding hydrogens is 194 g/mol. The SMILES string of the molecule is CC1CCCC(NCC2CCCC2C)CC1. The summed E-state index contributed by atoms with van der Waals surface area (Å²) in [6.07, 6.45) is 11.6. The molecule has 4 atom stereocenters. The zero-order valence-electron chi connectivity index (χ0n) is 11.2. The zero-order valence-corrected chi connectivity index (χ0v) is 11.2. The standard InChI is InChI=1S/C15H29N/c1-12-5-3-8-15(10-9-12)16-11-14-7-4-6-13(14)2/h12-16H,3-11H2,1-2H3. The first-order valence-corrected chi connectivity index (χ1v) is 7.49. The van der Waals surface area contributed by atoms with Crippen molar-refractivity contribution in [3.63, 3.8) is 0 Å². The minimum Gasteiger partial charge on any atom is -0.314 e. The van der Waals surface area contributed by atoms with E-state index < -0.39 is 0 Å². The maximum Gasteiger partial charge on any atom is 0.00672 e. The summed E-state index contributed by atoms with van der Waals surface area (Å²) in [7, 11) is 0. The molecule has 0 aliphatic heterocycles. The van der Waals surface area contributed by atoms with Crippen molar-refractivity contribution in [3.8, 4) is 0 Å². The Morgan fingerprint density at radius 3 is 2.44 bits per heavy atom. The van der Waals surface area contributed by atoms with Crippen molar-refractivity contribution in [2.75, 3.05) is 6.54 Å². The lowest BCUT2D eigenvalue weighted by molar-refractivity contribution is 0.350. The van der Waals surface area contributed by atoms with Crippen LogP contribution in [0.3, 0.4) is 0 Å². The summed E-state index contributed by atoms with van der Waals surface area (Å²) in [6.45, 7) is 6.15. The smallest absolute Gasteiger partial charge is 0.00672 e. The molecule has 0 spiro atoms. The molecule has 0 saturated heterocycles. The average molecular weight is 223 g/mol. The molecule has 2 rings (SSSR count). The van der Waals surface area contributed by atoms with Crippen LogP contribution in [0.2, 0.25) is 0 Å². The van der Waals surface area contributed by atoms with Crippen LogP contribution in [0.1, 0.15) is 65.2 Å². The normalized spacial score (nSPS) is 40.9. The van der Waals surface area contributed by atoms with Gasteiger partial charge in [0.2, 0.25) is 0 Å². The molecule has 0 bridgehead atoms. The highest BCUT2D eigenvalue weighted by molar-refractivity contribution is 4.79. The monoisotopic (exact) mass is 223 g/mol. The second kappa shape index (κ2) is 6.05. The number of nitrogens with one attached hydrogen (secondary N) is 1. The Kier molecular flexibility index (Phi) is 4.69. The van der Waals surface area contributed by atoms with Crippen molar-refractivity contribution in [1.29, 1.82) is 0 Å². The van der Waals surface area contributed by atoms with Gasteiger partial charge in [0.25, 0.3) is 0 Å². The fourth-order valence-corrected chi connectivity index (χ4v) is 3.53. The Hall–Kier alpha value is -0.0400. The van der Waals surface area contributed by atoms with E-state index in [0.717, 1.165) is 23.8 Å². The first kappa shape index (κ1) is 12.4. The molecule has 1 nitrogen and oxygen atoms in total. The summed E-state index contributed by atoms with van der Waals surface area (Å²) >= 11 is 0. The van der Waals surface area contributed by atoms with Gasteiger partial charge in [-0.2, -0.15) is 0 Å². The van der Waals surface area contributed by atoms with E-state index in [1.165, 1.54) is 57.9 Å². The fraction of sp³-hybridized carbons (Fsp3) is 1.00. The molecule has 0 radical (unpaired) electrons. The van der Waals surface area contributed by atoms with Crippen LogP contribution >= 0.6 is 0 Å². The van der Waals surface area contributed by atoms with Crippen LogP contribution in [-0.2, 0) is 0 Å². The molecule has 2 fully saturated rings. The van der Waals surface area contributed by atoms with E-state index in [-0.39, 0.29) is 0 Å². The number of hydrogen-bond donors (Lipinski definition) is 1. The Balaban J connectivity index is 1.68. The second-order valence-electron chi connectivity index (χ2n) is 6.39. The van der Waals surface area contributed by atoms with Crippen LogP contribution in [0, 0.1) is 17.8 Å². The van der Waals surface area contributed by atoms with Gasteiger partial charge in [-0.1, -0.05) is 39.5 Å². The summed E-state index contributed by atoms with van der Waals surface area (Å²) < 4.78 is 0. The largest absolute Gasteiger partial charge is 0.314 e. The number of hydrogen-bond acceptors (Lipinski definition) is 1. The second-order valence-corrected chi connectivity index (χ2v) is 6.39. The molecule has 16 heavy (non-hydrogen) atoms. The van der Waals surface area contributed by atoms with Gasteiger partial charge in [-0.15, -0.1) is 0 Å². The molecular formula is C15H29N. The summed E-state index contributed by atoms with van der Waals surface area (Å²) in [4.78, 5) is 0. The molecule has 94 valence electrons. The van der Waals surface area contributed by atoms with E-state index in [4.69, 9.17) is 0 Å².